The second-order valence-corrected chi connectivity index (χ2v) is 6.57. The average Bonchev–Trinajstić information content (AvgIpc) is 3.40. The van der Waals surface area contributed by atoms with E-state index < -0.39 is 0 Å². The number of amides is 1. The number of benzene rings is 1. The Bertz CT molecular complexity index is 1060. The Morgan fingerprint density at radius 1 is 1.07 bits per heavy atom. The first kappa shape index (κ1) is 16.9. The van der Waals surface area contributed by atoms with E-state index in [1.54, 1.807) is 29.4 Å². The molecular formula is C20H15N5OS. The number of hydrogen-bond acceptors (Lipinski definition) is 5. The maximum Gasteiger partial charge on any atom is 0.281 e. The van der Waals surface area contributed by atoms with Crippen LogP contribution in [0.25, 0.3) is 16.9 Å². The van der Waals surface area contributed by atoms with Gasteiger partial charge in [-0.05, 0) is 35.7 Å². The van der Waals surface area contributed by atoms with Crippen LogP contribution in [0.5, 0.6) is 0 Å². The monoisotopic (exact) mass is 373 g/mol. The molecule has 4 aromatic rings. The molecule has 6 nitrogen and oxygen atoms in total. The highest BCUT2D eigenvalue weighted by Gasteiger charge is 2.11. The minimum atomic E-state index is -0.234. The third-order valence-electron chi connectivity index (χ3n) is 3.83. The van der Waals surface area contributed by atoms with Crippen LogP contribution >= 0.6 is 11.3 Å². The van der Waals surface area contributed by atoms with Gasteiger partial charge in [-0.25, -0.2) is 10.1 Å². The van der Waals surface area contributed by atoms with Crippen LogP contribution in [-0.2, 0) is 0 Å². The van der Waals surface area contributed by atoms with E-state index >= 15 is 0 Å². The van der Waals surface area contributed by atoms with Crippen LogP contribution in [0.15, 0.2) is 83.7 Å². The Morgan fingerprint density at radius 2 is 1.89 bits per heavy atom. The van der Waals surface area contributed by atoms with E-state index in [0.717, 1.165) is 22.5 Å². The van der Waals surface area contributed by atoms with E-state index in [9.17, 15) is 4.79 Å². The summed E-state index contributed by atoms with van der Waals surface area (Å²) in [4.78, 5) is 16.7. The number of aromatic nitrogens is 3. The molecular weight excluding hydrogens is 358 g/mol. The van der Waals surface area contributed by atoms with Gasteiger partial charge in [-0.3, -0.25) is 9.78 Å². The van der Waals surface area contributed by atoms with Gasteiger partial charge in [0.05, 0.1) is 16.8 Å². The van der Waals surface area contributed by atoms with Crippen LogP contribution in [0, 0.1) is 0 Å². The molecule has 3 heterocycles. The van der Waals surface area contributed by atoms with Gasteiger partial charge in [0, 0.05) is 29.7 Å². The van der Waals surface area contributed by atoms with E-state index in [0.29, 0.717) is 4.88 Å². The molecule has 1 N–H and O–H groups in total. The van der Waals surface area contributed by atoms with E-state index in [2.05, 4.69) is 20.6 Å². The fourth-order valence-corrected chi connectivity index (χ4v) is 3.17. The average molecular weight is 373 g/mol. The molecule has 27 heavy (non-hydrogen) atoms. The van der Waals surface area contributed by atoms with Crippen molar-refractivity contribution in [1.82, 2.24) is 20.2 Å². The molecule has 1 aromatic carbocycles. The van der Waals surface area contributed by atoms with Gasteiger partial charge in [-0.2, -0.15) is 10.2 Å². The molecule has 132 valence electrons. The van der Waals surface area contributed by atoms with Gasteiger partial charge in [-0.1, -0.05) is 24.3 Å². The van der Waals surface area contributed by atoms with Crippen molar-refractivity contribution in [2.45, 2.75) is 0 Å². The van der Waals surface area contributed by atoms with E-state index in [1.807, 2.05) is 60.1 Å². The molecule has 4 rings (SSSR count). The summed E-state index contributed by atoms with van der Waals surface area (Å²) < 4.78 is 1.79. The number of hydrazone groups is 1. The van der Waals surface area contributed by atoms with Crippen molar-refractivity contribution < 1.29 is 4.79 Å². The van der Waals surface area contributed by atoms with Crippen molar-refractivity contribution in [2.24, 2.45) is 5.10 Å². The highest BCUT2D eigenvalue weighted by atomic mass is 32.1. The van der Waals surface area contributed by atoms with Crippen molar-refractivity contribution >= 4 is 23.5 Å². The number of hydrogen-bond donors (Lipinski definition) is 1. The number of nitrogens with one attached hydrogen (secondary N) is 1. The Balaban J connectivity index is 1.65. The molecule has 0 atom stereocenters. The molecule has 0 saturated heterocycles. The van der Waals surface area contributed by atoms with Gasteiger partial charge in [0.1, 0.15) is 5.69 Å². The lowest BCUT2D eigenvalue weighted by Crippen LogP contribution is -2.16. The van der Waals surface area contributed by atoms with Crippen LogP contribution in [0.4, 0.5) is 0 Å². The minimum Gasteiger partial charge on any atom is -0.266 e. The van der Waals surface area contributed by atoms with Crippen molar-refractivity contribution in [2.75, 3.05) is 0 Å². The lowest BCUT2D eigenvalue weighted by molar-refractivity contribution is 0.0959. The molecule has 1 amide bonds. The summed E-state index contributed by atoms with van der Waals surface area (Å²) in [6.07, 6.45) is 6.92. The second kappa shape index (κ2) is 7.76. The van der Waals surface area contributed by atoms with E-state index in [-0.39, 0.29) is 5.91 Å². The normalized spacial score (nSPS) is 11.0. The van der Waals surface area contributed by atoms with E-state index in [4.69, 9.17) is 0 Å². The van der Waals surface area contributed by atoms with Crippen molar-refractivity contribution in [1.29, 1.82) is 0 Å². The first-order valence-corrected chi connectivity index (χ1v) is 9.11. The molecule has 0 aliphatic heterocycles. The van der Waals surface area contributed by atoms with Gasteiger partial charge in [-0.15, -0.1) is 11.3 Å². The zero-order valence-electron chi connectivity index (χ0n) is 14.2. The lowest BCUT2D eigenvalue weighted by atomic mass is 10.1. The smallest absolute Gasteiger partial charge is 0.266 e. The van der Waals surface area contributed by atoms with Gasteiger partial charge < -0.3 is 0 Å². The Morgan fingerprint density at radius 3 is 2.63 bits per heavy atom. The predicted octanol–water partition coefficient (Wildman–Crippen LogP) is 3.76. The summed E-state index contributed by atoms with van der Waals surface area (Å²) in [6, 6.07) is 17.2. The van der Waals surface area contributed by atoms with Gasteiger partial charge in [0.25, 0.3) is 5.91 Å². The Labute approximate surface area is 159 Å². The quantitative estimate of drug-likeness (QED) is 0.428. The van der Waals surface area contributed by atoms with Crippen LogP contribution in [-0.4, -0.2) is 26.9 Å². The largest absolute Gasteiger partial charge is 0.281 e. The first-order valence-electron chi connectivity index (χ1n) is 8.23. The maximum atomic E-state index is 12.0. The first-order chi connectivity index (χ1) is 13.3. The van der Waals surface area contributed by atoms with Crippen LogP contribution < -0.4 is 5.43 Å². The van der Waals surface area contributed by atoms with Gasteiger partial charge in [0.2, 0.25) is 0 Å². The molecule has 0 fully saturated rings. The maximum absolute atomic E-state index is 12.0. The molecule has 0 unspecified atom stereocenters. The number of pyridine rings is 1. The fraction of sp³-hybridized carbons (Fsp3) is 0. The van der Waals surface area contributed by atoms with E-state index in [1.165, 1.54) is 11.3 Å². The molecule has 7 heteroatoms. The number of rotatable bonds is 5. The summed E-state index contributed by atoms with van der Waals surface area (Å²) in [6.45, 7) is 0. The van der Waals surface area contributed by atoms with Crippen LogP contribution in [0.2, 0.25) is 0 Å². The number of para-hydroxylation sites is 1. The molecule has 0 radical (unpaired) electrons. The third kappa shape index (κ3) is 3.83. The third-order valence-corrected chi connectivity index (χ3v) is 4.70. The molecule has 0 aliphatic rings. The molecule has 0 aliphatic carbocycles. The summed E-state index contributed by atoms with van der Waals surface area (Å²) in [5.74, 6) is -0.234. The van der Waals surface area contributed by atoms with Crippen molar-refractivity contribution in [3.05, 3.63) is 89.0 Å². The number of nitrogens with zero attached hydrogens (tertiary/aromatic N) is 4. The van der Waals surface area contributed by atoms with Gasteiger partial charge in [0.15, 0.2) is 0 Å². The minimum absolute atomic E-state index is 0.234. The zero-order chi connectivity index (χ0) is 18.5. The Kier molecular flexibility index (Phi) is 4.84. The Hall–Kier alpha value is -3.58. The van der Waals surface area contributed by atoms with Crippen molar-refractivity contribution in [3.63, 3.8) is 0 Å². The summed E-state index contributed by atoms with van der Waals surface area (Å²) in [5, 5.41) is 10.6. The SMILES string of the molecule is O=C(N/N=C\c1cn(-c2ccccc2)nc1-c1ccncc1)c1cccs1. The molecule has 3 aromatic heterocycles. The highest BCUT2D eigenvalue weighted by molar-refractivity contribution is 7.12. The molecule has 0 saturated carbocycles. The standard InChI is InChI=1S/C20H15N5OS/c26-20(18-7-4-12-27-18)23-22-13-16-14-25(17-5-2-1-3-6-17)24-19(16)15-8-10-21-11-9-15/h1-14H,(H,23,26)/b22-13-. The van der Waals surface area contributed by atoms with Crippen molar-refractivity contribution in [3.8, 4) is 16.9 Å². The summed E-state index contributed by atoms with van der Waals surface area (Å²) >= 11 is 1.37. The number of carbonyl (C=O) groups excluding carboxylic acids is 1. The van der Waals surface area contributed by atoms with Crippen LogP contribution in [0.3, 0.4) is 0 Å². The second-order valence-electron chi connectivity index (χ2n) is 5.63. The number of thiophene rings is 1. The molecule has 0 bridgehead atoms. The predicted molar refractivity (Wildman–Crippen MR) is 106 cm³/mol. The lowest BCUT2D eigenvalue weighted by Gasteiger charge is -2.00. The molecule has 0 spiro atoms. The summed E-state index contributed by atoms with van der Waals surface area (Å²) in [7, 11) is 0. The number of carbonyl (C=O) groups is 1. The summed E-state index contributed by atoms with van der Waals surface area (Å²) in [5.41, 5.74) is 5.96. The zero-order valence-corrected chi connectivity index (χ0v) is 15.0. The van der Waals surface area contributed by atoms with Crippen LogP contribution in [0.1, 0.15) is 15.2 Å². The fourth-order valence-electron chi connectivity index (χ4n) is 2.55. The highest BCUT2D eigenvalue weighted by Crippen LogP contribution is 2.22. The van der Waals surface area contributed by atoms with Gasteiger partial charge >= 0.3 is 0 Å². The topological polar surface area (TPSA) is 72.2 Å².